The molecule has 0 aliphatic carbocycles. The van der Waals surface area contributed by atoms with Gasteiger partial charge in [-0.05, 0) is 6.92 Å². The second kappa shape index (κ2) is 4.71. The molecule has 1 aromatic heterocycles. The number of sulfone groups is 1. The van der Waals surface area contributed by atoms with Crippen molar-refractivity contribution in [1.82, 2.24) is 14.8 Å². The van der Waals surface area contributed by atoms with Crippen molar-refractivity contribution in [3.63, 3.8) is 0 Å². The fourth-order valence-corrected chi connectivity index (χ4v) is 1.76. The largest absolute Gasteiger partial charge is 0.321 e. The summed E-state index contributed by atoms with van der Waals surface area (Å²) >= 11 is 0. The second-order valence-electron chi connectivity index (χ2n) is 3.39. The Balaban J connectivity index is 2.59. The minimum atomic E-state index is -2.95. The Kier molecular flexibility index (Phi) is 3.81. The zero-order chi connectivity index (χ0) is 11.5. The molecule has 0 bridgehead atoms. The molecule has 0 aromatic carbocycles. The molecule has 0 radical (unpaired) electrons. The third-order valence-corrected chi connectivity index (χ3v) is 3.72. The van der Waals surface area contributed by atoms with Gasteiger partial charge < -0.3 is 5.73 Å². The predicted molar refractivity (Wildman–Crippen MR) is 57.0 cm³/mol. The van der Waals surface area contributed by atoms with Gasteiger partial charge in [-0.1, -0.05) is 6.92 Å². The molecule has 0 aliphatic rings. The lowest BCUT2D eigenvalue weighted by Gasteiger charge is -2.01. The van der Waals surface area contributed by atoms with Crippen LogP contribution in [0, 0.1) is 0 Å². The molecule has 1 heterocycles. The zero-order valence-corrected chi connectivity index (χ0v) is 9.74. The summed E-state index contributed by atoms with van der Waals surface area (Å²) in [5.74, 6) is 0.775. The minimum Gasteiger partial charge on any atom is -0.321 e. The Morgan fingerprint density at radius 3 is 2.73 bits per heavy atom. The van der Waals surface area contributed by atoms with E-state index in [9.17, 15) is 8.42 Å². The van der Waals surface area contributed by atoms with Crippen LogP contribution in [0.1, 0.15) is 25.7 Å². The van der Waals surface area contributed by atoms with E-state index in [0.717, 1.165) is 0 Å². The van der Waals surface area contributed by atoms with Crippen molar-refractivity contribution in [3.8, 4) is 0 Å². The average molecular weight is 232 g/mol. The van der Waals surface area contributed by atoms with Gasteiger partial charge in [-0.15, -0.1) is 0 Å². The topological polar surface area (TPSA) is 90.9 Å². The van der Waals surface area contributed by atoms with Crippen molar-refractivity contribution < 1.29 is 8.42 Å². The molecule has 86 valence electrons. The van der Waals surface area contributed by atoms with Gasteiger partial charge in [-0.3, -0.25) is 4.68 Å². The molecular formula is C8H16N4O2S. The Labute approximate surface area is 89.4 Å². The van der Waals surface area contributed by atoms with E-state index in [1.807, 2.05) is 0 Å². The Morgan fingerprint density at radius 2 is 2.27 bits per heavy atom. The molecule has 1 rings (SSSR count). The highest BCUT2D eigenvalue weighted by molar-refractivity contribution is 7.91. The van der Waals surface area contributed by atoms with Crippen molar-refractivity contribution in [2.75, 3.05) is 11.5 Å². The van der Waals surface area contributed by atoms with Crippen LogP contribution >= 0.6 is 0 Å². The quantitative estimate of drug-likeness (QED) is 0.754. The van der Waals surface area contributed by atoms with Gasteiger partial charge in [0.25, 0.3) is 0 Å². The van der Waals surface area contributed by atoms with Crippen molar-refractivity contribution in [3.05, 3.63) is 12.2 Å². The summed E-state index contributed by atoms with van der Waals surface area (Å²) in [5, 5.41) is 4.06. The van der Waals surface area contributed by atoms with Crippen LogP contribution in [0.3, 0.4) is 0 Å². The predicted octanol–water partition coefficient (Wildman–Crippen LogP) is -0.267. The van der Waals surface area contributed by atoms with E-state index in [1.54, 1.807) is 13.8 Å². The number of hydrogen-bond acceptors (Lipinski definition) is 5. The number of rotatable bonds is 5. The number of nitrogens with two attached hydrogens (primary N) is 1. The maximum Gasteiger partial charge on any atom is 0.166 e. The molecule has 2 N–H and O–H groups in total. The van der Waals surface area contributed by atoms with Gasteiger partial charge in [0.1, 0.15) is 6.33 Å². The summed E-state index contributed by atoms with van der Waals surface area (Å²) in [7, 11) is -2.95. The second-order valence-corrected chi connectivity index (χ2v) is 5.86. The normalized spacial score (nSPS) is 14.1. The maximum absolute atomic E-state index is 11.2. The fourth-order valence-electron chi connectivity index (χ4n) is 1.00. The van der Waals surface area contributed by atoms with Gasteiger partial charge in [-0.2, -0.15) is 5.10 Å². The van der Waals surface area contributed by atoms with Gasteiger partial charge >= 0.3 is 0 Å². The summed E-state index contributed by atoms with van der Waals surface area (Å²) in [6, 6.07) is -0.228. The molecule has 6 nitrogen and oxygen atoms in total. The van der Waals surface area contributed by atoms with Crippen LogP contribution in [0.5, 0.6) is 0 Å². The van der Waals surface area contributed by atoms with Crippen molar-refractivity contribution in [2.45, 2.75) is 26.4 Å². The summed E-state index contributed by atoms with van der Waals surface area (Å²) in [6.45, 7) is 3.74. The van der Waals surface area contributed by atoms with Gasteiger partial charge in [0.05, 0.1) is 18.3 Å². The van der Waals surface area contributed by atoms with Crippen LogP contribution in [0.15, 0.2) is 6.33 Å². The highest BCUT2D eigenvalue weighted by atomic mass is 32.2. The fraction of sp³-hybridized carbons (Fsp3) is 0.750. The van der Waals surface area contributed by atoms with Crippen molar-refractivity contribution in [2.24, 2.45) is 5.73 Å². The summed E-state index contributed by atoms with van der Waals surface area (Å²) < 4.78 is 24.0. The Hall–Kier alpha value is -0.950. The van der Waals surface area contributed by atoms with Crippen LogP contribution < -0.4 is 5.73 Å². The number of aryl methyl sites for hydroxylation is 1. The monoisotopic (exact) mass is 232 g/mol. The van der Waals surface area contributed by atoms with E-state index in [2.05, 4.69) is 10.1 Å². The van der Waals surface area contributed by atoms with E-state index in [0.29, 0.717) is 12.4 Å². The van der Waals surface area contributed by atoms with E-state index < -0.39 is 9.84 Å². The summed E-state index contributed by atoms with van der Waals surface area (Å²) in [5.41, 5.74) is 5.58. The number of hydrogen-bond donors (Lipinski definition) is 1. The first-order chi connectivity index (χ1) is 6.94. The van der Waals surface area contributed by atoms with E-state index in [4.69, 9.17) is 5.73 Å². The van der Waals surface area contributed by atoms with E-state index >= 15 is 0 Å². The third-order valence-electron chi connectivity index (χ3n) is 2.03. The van der Waals surface area contributed by atoms with Gasteiger partial charge in [0.15, 0.2) is 15.7 Å². The molecule has 0 saturated heterocycles. The lowest BCUT2D eigenvalue weighted by atomic mass is 10.4. The SMILES string of the molecule is CCS(=O)(=O)CCn1cnc(C(C)N)n1. The maximum atomic E-state index is 11.2. The molecular weight excluding hydrogens is 216 g/mol. The molecule has 1 aromatic rings. The first kappa shape index (κ1) is 12.1. The Bertz CT molecular complexity index is 410. The molecule has 0 fully saturated rings. The molecule has 0 aliphatic heterocycles. The molecule has 1 atom stereocenters. The van der Waals surface area contributed by atoms with Crippen LogP contribution in [0.2, 0.25) is 0 Å². The highest BCUT2D eigenvalue weighted by Gasteiger charge is 2.09. The van der Waals surface area contributed by atoms with E-state index in [1.165, 1.54) is 11.0 Å². The van der Waals surface area contributed by atoms with Crippen LogP contribution in [-0.4, -0.2) is 34.7 Å². The minimum absolute atomic E-state index is 0.0885. The standard InChI is InChI=1S/C8H16N4O2S/c1-3-15(13,14)5-4-12-6-10-8(11-12)7(2)9/h6-7H,3-5,9H2,1-2H3. The van der Waals surface area contributed by atoms with Gasteiger partial charge in [0, 0.05) is 5.75 Å². The zero-order valence-electron chi connectivity index (χ0n) is 8.92. The first-order valence-corrected chi connectivity index (χ1v) is 6.62. The van der Waals surface area contributed by atoms with Crippen molar-refractivity contribution >= 4 is 9.84 Å². The van der Waals surface area contributed by atoms with Gasteiger partial charge in [0.2, 0.25) is 0 Å². The molecule has 7 heteroatoms. The van der Waals surface area contributed by atoms with Crippen LogP contribution in [-0.2, 0) is 16.4 Å². The molecule has 0 spiro atoms. The van der Waals surface area contributed by atoms with E-state index in [-0.39, 0.29) is 17.5 Å². The van der Waals surface area contributed by atoms with Crippen molar-refractivity contribution in [1.29, 1.82) is 0 Å². The average Bonchev–Trinajstić information content (AvgIpc) is 2.63. The lowest BCUT2D eigenvalue weighted by molar-refractivity contribution is 0.578. The van der Waals surface area contributed by atoms with Crippen LogP contribution in [0.4, 0.5) is 0 Å². The number of nitrogens with zero attached hydrogens (tertiary/aromatic N) is 3. The van der Waals surface area contributed by atoms with Gasteiger partial charge in [-0.25, -0.2) is 13.4 Å². The Morgan fingerprint density at radius 1 is 1.60 bits per heavy atom. The first-order valence-electron chi connectivity index (χ1n) is 4.80. The molecule has 0 saturated carbocycles. The molecule has 0 amide bonds. The molecule has 1 unspecified atom stereocenters. The lowest BCUT2D eigenvalue weighted by Crippen LogP contribution is -2.15. The molecule has 15 heavy (non-hydrogen) atoms. The highest BCUT2D eigenvalue weighted by Crippen LogP contribution is 2.01. The smallest absolute Gasteiger partial charge is 0.166 e. The third kappa shape index (κ3) is 3.60. The number of aromatic nitrogens is 3. The summed E-state index contributed by atoms with van der Waals surface area (Å²) in [4.78, 5) is 3.97. The summed E-state index contributed by atoms with van der Waals surface area (Å²) in [6.07, 6.45) is 1.50. The van der Waals surface area contributed by atoms with Crippen LogP contribution in [0.25, 0.3) is 0 Å².